The summed E-state index contributed by atoms with van der Waals surface area (Å²) >= 11 is 3.67. The van der Waals surface area contributed by atoms with Crippen molar-refractivity contribution in [2.24, 2.45) is 5.92 Å². The Labute approximate surface area is 109 Å². The van der Waals surface area contributed by atoms with E-state index < -0.39 is 0 Å². The van der Waals surface area contributed by atoms with Crippen LogP contribution in [0.3, 0.4) is 0 Å². The molecule has 0 nitrogen and oxygen atoms in total. The minimum atomic E-state index is 0.653. The largest absolute Gasteiger partial charge is 0.0921 e. The second kappa shape index (κ2) is 5.86. The maximum atomic E-state index is 3.67. The summed E-state index contributed by atoms with van der Waals surface area (Å²) in [6, 6.07) is 4.61. The predicted molar refractivity (Wildman–Crippen MR) is 76.6 cm³/mol. The topological polar surface area (TPSA) is 0 Å². The van der Waals surface area contributed by atoms with Crippen molar-refractivity contribution in [1.29, 1.82) is 0 Å². The fourth-order valence-corrected chi connectivity index (χ4v) is 3.25. The molecule has 1 aromatic carbocycles. The van der Waals surface area contributed by atoms with Gasteiger partial charge in [0.05, 0.1) is 0 Å². The molecule has 0 spiro atoms. The lowest BCUT2D eigenvalue weighted by Crippen LogP contribution is -2.08. The lowest BCUT2D eigenvalue weighted by atomic mass is 9.85. The van der Waals surface area contributed by atoms with Crippen LogP contribution in [0.5, 0.6) is 0 Å². The number of hydrogen-bond donors (Lipinski definition) is 0. The van der Waals surface area contributed by atoms with Crippen molar-refractivity contribution in [2.45, 2.75) is 47.0 Å². The lowest BCUT2D eigenvalue weighted by Gasteiger charge is -2.22. The second-order valence-electron chi connectivity index (χ2n) is 5.29. The zero-order valence-electron chi connectivity index (χ0n) is 11.1. The Hall–Kier alpha value is -0.300. The monoisotopic (exact) mass is 282 g/mol. The molecule has 1 heteroatoms. The molecule has 0 saturated carbocycles. The Morgan fingerprint density at radius 1 is 1.06 bits per heavy atom. The van der Waals surface area contributed by atoms with Gasteiger partial charge in [0.1, 0.15) is 0 Å². The first-order valence-corrected chi connectivity index (χ1v) is 7.21. The molecule has 0 fully saturated rings. The van der Waals surface area contributed by atoms with Gasteiger partial charge in [-0.15, -0.1) is 0 Å². The number of aryl methyl sites for hydroxylation is 3. The summed E-state index contributed by atoms with van der Waals surface area (Å²) < 4.78 is 0. The van der Waals surface area contributed by atoms with Gasteiger partial charge in [0.25, 0.3) is 0 Å². The van der Waals surface area contributed by atoms with Crippen LogP contribution in [0.15, 0.2) is 12.1 Å². The third kappa shape index (κ3) is 3.35. The zero-order valence-corrected chi connectivity index (χ0v) is 12.7. The summed E-state index contributed by atoms with van der Waals surface area (Å²) in [6.07, 6.45) is 1.26. The highest BCUT2D eigenvalue weighted by Gasteiger charge is 2.16. The maximum absolute atomic E-state index is 3.67. The molecule has 0 bridgehead atoms. The summed E-state index contributed by atoms with van der Waals surface area (Å²) in [4.78, 5) is 0. The first-order chi connectivity index (χ1) is 7.45. The van der Waals surface area contributed by atoms with Gasteiger partial charge in [0.2, 0.25) is 0 Å². The van der Waals surface area contributed by atoms with E-state index in [1.54, 1.807) is 5.56 Å². The molecule has 1 rings (SSSR count). The minimum absolute atomic E-state index is 0.653. The molecule has 0 aliphatic carbocycles. The van der Waals surface area contributed by atoms with Gasteiger partial charge in [0.15, 0.2) is 0 Å². The van der Waals surface area contributed by atoms with Crippen molar-refractivity contribution in [3.05, 3.63) is 34.4 Å². The summed E-state index contributed by atoms with van der Waals surface area (Å²) in [7, 11) is 0. The molecule has 0 radical (unpaired) electrons. The van der Waals surface area contributed by atoms with Crippen LogP contribution in [0.4, 0.5) is 0 Å². The standard InChI is InChI=1S/C15H23Br/c1-10(2)6-14(9-16)15-12(4)7-11(3)8-13(15)5/h7-8,10,14H,6,9H2,1-5H3. The molecule has 90 valence electrons. The predicted octanol–water partition coefficient (Wildman–Crippen LogP) is 5.14. The highest BCUT2D eigenvalue weighted by molar-refractivity contribution is 9.09. The first kappa shape index (κ1) is 13.8. The average molecular weight is 283 g/mol. The van der Waals surface area contributed by atoms with Crippen molar-refractivity contribution >= 4 is 15.9 Å². The molecule has 0 N–H and O–H groups in total. The second-order valence-corrected chi connectivity index (χ2v) is 5.94. The highest BCUT2D eigenvalue weighted by atomic mass is 79.9. The normalized spacial score (nSPS) is 13.2. The quantitative estimate of drug-likeness (QED) is 0.671. The van der Waals surface area contributed by atoms with Crippen LogP contribution in [0.1, 0.15) is 48.4 Å². The Kier molecular flexibility index (Phi) is 5.04. The number of halogens is 1. The van der Waals surface area contributed by atoms with Crippen LogP contribution in [0.2, 0.25) is 0 Å². The van der Waals surface area contributed by atoms with Crippen LogP contribution in [0, 0.1) is 26.7 Å². The first-order valence-electron chi connectivity index (χ1n) is 6.09. The molecule has 0 heterocycles. The zero-order chi connectivity index (χ0) is 12.3. The van der Waals surface area contributed by atoms with Crippen molar-refractivity contribution in [3.8, 4) is 0 Å². The Balaban J connectivity index is 3.09. The summed E-state index contributed by atoms with van der Waals surface area (Å²) in [5.41, 5.74) is 5.82. The van der Waals surface area contributed by atoms with E-state index in [0.717, 1.165) is 11.2 Å². The Bertz CT molecular complexity index is 329. The number of benzene rings is 1. The van der Waals surface area contributed by atoms with Gasteiger partial charge in [-0.05, 0) is 55.7 Å². The summed E-state index contributed by atoms with van der Waals surface area (Å²) in [6.45, 7) is 11.3. The highest BCUT2D eigenvalue weighted by Crippen LogP contribution is 2.31. The van der Waals surface area contributed by atoms with Gasteiger partial charge in [-0.25, -0.2) is 0 Å². The van der Waals surface area contributed by atoms with Gasteiger partial charge >= 0.3 is 0 Å². The van der Waals surface area contributed by atoms with E-state index in [1.807, 2.05) is 0 Å². The smallest absolute Gasteiger partial charge is 0.0100 e. The van der Waals surface area contributed by atoms with E-state index in [2.05, 4.69) is 62.7 Å². The van der Waals surface area contributed by atoms with Crippen LogP contribution in [0.25, 0.3) is 0 Å². The van der Waals surface area contributed by atoms with Crippen LogP contribution in [-0.2, 0) is 0 Å². The molecule has 1 unspecified atom stereocenters. The van der Waals surface area contributed by atoms with E-state index >= 15 is 0 Å². The van der Waals surface area contributed by atoms with Crippen LogP contribution >= 0.6 is 15.9 Å². The number of rotatable bonds is 4. The Morgan fingerprint density at radius 2 is 1.56 bits per heavy atom. The Morgan fingerprint density at radius 3 is 1.94 bits per heavy atom. The van der Waals surface area contributed by atoms with Gasteiger partial charge in [0, 0.05) is 5.33 Å². The molecule has 0 aliphatic rings. The molecule has 0 aromatic heterocycles. The molecule has 1 aromatic rings. The average Bonchev–Trinajstić information content (AvgIpc) is 2.13. The number of alkyl halides is 1. The lowest BCUT2D eigenvalue weighted by molar-refractivity contribution is 0.527. The number of hydrogen-bond acceptors (Lipinski definition) is 0. The fraction of sp³-hybridized carbons (Fsp3) is 0.600. The van der Waals surface area contributed by atoms with Crippen molar-refractivity contribution in [1.82, 2.24) is 0 Å². The van der Waals surface area contributed by atoms with E-state index in [9.17, 15) is 0 Å². The SMILES string of the molecule is Cc1cc(C)c(C(CBr)CC(C)C)c(C)c1. The molecular weight excluding hydrogens is 260 g/mol. The van der Waals surface area contributed by atoms with Gasteiger partial charge < -0.3 is 0 Å². The van der Waals surface area contributed by atoms with Crippen LogP contribution in [-0.4, -0.2) is 5.33 Å². The molecular formula is C15H23Br. The van der Waals surface area contributed by atoms with Gasteiger partial charge in [-0.1, -0.05) is 47.5 Å². The maximum Gasteiger partial charge on any atom is 0.0100 e. The molecule has 0 saturated heterocycles. The van der Waals surface area contributed by atoms with E-state index in [1.165, 1.54) is 23.1 Å². The molecule has 0 aliphatic heterocycles. The summed E-state index contributed by atoms with van der Waals surface area (Å²) in [5.74, 6) is 1.41. The van der Waals surface area contributed by atoms with Crippen molar-refractivity contribution < 1.29 is 0 Å². The van der Waals surface area contributed by atoms with E-state index in [4.69, 9.17) is 0 Å². The third-order valence-corrected chi connectivity index (χ3v) is 3.87. The third-order valence-electron chi connectivity index (χ3n) is 3.09. The van der Waals surface area contributed by atoms with Crippen molar-refractivity contribution in [2.75, 3.05) is 5.33 Å². The minimum Gasteiger partial charge on any atom is -0.0921 e. The van der Waals surface area contributed by atoms with Crippen molar-refractivity contribution in [3.63, 3.8) is 0 Å². The molecule has 16 heavy (non-hydrogen) atoms. The summed E-state index contributed by atoms with van der Waals surface area (Å²) in [5, 5.41) is 1.07. The molecule has 0 amide bonds. The molecule has 1 atom stereocenters. The van der Waals surface area contributed by atoms with Crippen LogP contribution < -0.4 is 0 Å². The van der Waals surface area contributed by atoms with Gasteiger partial charge in [-0.3, -0.25) is 0 Å². The fourth-order valence-electron chi connectivity index (χ4n) is 2.66. The van der Waals surface area contributed by atoms with Gasteiger partial charge in [-0.2, -0.15) is 0 Å². The van der Waals surface area contributed by atoms with E-state index in [0.29, 0.717) is 5.92 Å². The van der Waals surface area contributed by atoms with E-state index in [-0.39, 0.29) is 0 Å².